The van der Waals surface area contributed by atoms with Gasteiger partial charge in [0.15, 0.2) is 0 Å². The van der Waals surface area contributed by atoms with Gasteiger partial charge in [-0.05, 0) is 55.7 Å². The summed E-state index contributed by atoms with van der Waals surface area (Å²) in [6.07, 6.45) is 2.33. The summed E-state index contributed by atoms with van der Waals surface area (Å²) in [6.45, 7) is 2.67. The highest BCUT2D eigenvalue weighted by molar-refractivity contribution is 6.42. The fourth-order valence-electron chi connectivity index (χ4n) is 4.43. The second kappa shape index (κ2) is 8.89. The van der Waals surface area contributed by atoms with E-state index in [1.165, 1.54) is 12.1 Å². The Morgan fingerprint density at radius 2 is 1.81 bits per heavy atom. The number of piperidine rings is 1. The molecule has 1 aromatic heterocycles. The second-order valence-corrected chi connectivity index (χ2v) is 9.12. The number of imidazole rings is 1. The second-order valence-electron chi connectivity index (χ2n) is 8.31. The minimum Gasteiger partial charge on any atom is -0.379 e. The molecule has 2 saturated heterocycles. The first-order valence-electron chi connectivity index (χ1n) is 10.8. The summed E-state index contributed by atoms with van der Waals surface area (Å²) >= 11 is 12.5. The monoisotopic (exact) mass is 476 g/mol. The van der Waals surface area contributed by atoms with E-state index in [2.05, 4.69) is 10.2 Å². The molecule has 6 nitrogen and oxygen atoms in total. The van der Waals surface area contributed by atoms with E-state index < -0.39 is 0 Å². The lowest BCUT2D eigenvalue weighted by Gasteiger charge is -2.32. The van der Waals surface area contributed by atoms with Crippen LogP contribution in [-0.2, 0) is 9.53 Å². The topological polar surface area (TPSA) is 59.4 Å². The fourth-order valence-corrected chi connectivity index (χ4v) is 4.74. The molecule has 32 heavy (non-hydrogen) atoms. The third-order valence-corrected chi connectivity index (χ3v) is 6.91. The Labute approximate surface area is 195 Å². The Morgan fingerprint density at radius 3 is 2.50 bits per heavy atom. The normalized spacial score (nSPS) is 19.6. The van der Waals surface area contributed by atoms with Gasteiger partial charge in [0.25, 0.3) is 0 Å². The number of fused-ring (bicyclic) bond motifs is 1. The summed E-state index contributed by atoms with van der Waals surface area (Å²) in [7, 11) is 0. The van der Waals surface area contributed by atoms with Crippen molar-refractivity contribution < 1.29 is 13.9 Å². The molecule has 2 aliphatic heterocycles. The number of hydrogen-bond acceptors (Lipinski definition) is 4. The van der Waals surface area contributed by atoms with Gasteiger partial charge in [-0.3, -0.25) is 9.36 Å². The predicted octanol–water partition coefficient (Wildman–Crippen LogP) is 4.59. The molecular formula is C23H23Cl2FN4O2. The smallest absolute Gasteiger partial charge is 0.223 e. The number of halogens is 3. The molecule has 0 bridgehead atoms. The molecule has 0 saturated carbocycles. The minimum atomic E-state index is -0.305. The summed E-state index contributed by atoms with van der Waals surface area (Å²) in [5.41, 5.74) is 2.28. The van der Waals surface area contributed by atoms with Gasteiger partial charge in [0.05, 0.1) is 33.7 Å². The molecule has 0 aliphatic carbocycles. The van der Waals surface area contributed by atoms with Crippen LogP contribution in [0.15, 0.2) is 36.4 Å². The molecule has 2 aliphatic rings. The average Bonchev–Trinajstić information content (AvgIpc) is 3.43. The number of benzene rings is 2. The van der Waals surface area contributed by atoms with E-state index >= 15 is 0 Å². The van der Waals surface area contributed by atoms with Gasteiger partial charge < -0.3 is 15.0 Å². The molecule has 3 aromatic rings. The van der Waals surface area contributed by atoms with Crippen molar-refractivity contribution in [1.82, 2.24) is 14.9 Å². The average molecular weight is 477 g/mol. The fraction of sp³-hybridized carbons (Fsp3) is 0.391. The minimum absolute atomic E-state index is 0.0283. The van der Waals surface area contributed by atoms with Gasteiger partial charge in [0.1, 0.15) is 5.82 Å². The van der Waals surface area contributed by atoms with Crippen LogP contribution in [0.1, 0.15) is 19.3 Å². The Morgan fingerprint density at radius 1 is 1.09 bits per heavy atom. The quantitative estimate of drug-likeness (QED) is 0.597. The number of carbonyl (C=O) groups is 1. The van der Waals surface area contributed by atoms with Gasteiger partial charge in [-0.25, -0.2) is 9.37 Å². The molecule has 3 heterocycles. The van der Waals surface area contributed by atoms with Crippen LogP contribution in [0.2, 0.25) is 10.0 Å². The van der Waals surface area contributed by atoms with E-state index in [0.717, 1.165) is 36.4 Å². The number of nitrogens with zero attached hydrogens (tertiary/aromatic N) is 3. The highest BCUT2D eigenvalue weighted by Crippen LogP contribution is 2.34. The number of carbonyl (C=O) groups excluding carboxylic acids is 1. The van der Waals surface area contributed by atoms with Crippen molar-refractivity contribution in [1.29, 1.82) is 0 Å². The van der Waals surface area contributed by atoms with Crippen molar-refractivity contribution in [2.75, 3.05) is 31.2 Å². The van der Waals surface area contributed by atoms with Crippen molar-refractivity contribution in [2.24, 2.45) is 5.92 Å². The third-order valence-electron chi connectivity index (χ3n) is 6.19. The molecule has 168 valence electrons. The summed E-state index contributed by atoms with van der Waals surface area (Å²) in [5, 5.41) is 3.97. The van der Waals surface area contributed by atoms with Gasteiger partial charge in [-0.2, -0.15) is 0 Å². The molecule has 9 heteroatoms. The van der Waals surface area contributed by atoms with E-state index in [1.54, 1.807) is 24.3 Å². The van der Waals surface area contributed by atoms with Gasteiger partial charge in [-0.15, -0.1) is 0 Å². The highest BCUT2D eigenvalue weighted by atomic mass is 35.5. The van der Waals surface area contributed by atoms with Gasteiger partial charge in [-0.1, -0.05) is 23.2 Å². The molecule has 0 radical (unpaired) electrons. The maximum Gasteiger partial charge on any atom is 0.223 e. The zero-order valence-corrected chi connectivity index (χ0v) is 18.9. The zero-order valence-electron chi connectivity index (χ0n) is 17.4. The van der Waals surface area contributed by atoms with E-state index in [-0.39, 0.29) is 23.7 Å². The zero-order chi connectivity index (χ0) is 22.2. The summed E-state index contributed by atoms with van der Waals surface area (Å²) < 4.78 is 20.9. The van der Waals surface area contributed by atoms with Crippen LogP contribution in [0.4, 0.5) is 10.3 Å². The van der Waals surface area contributed by atoms with Crippen LogP contribution >= 0.6 is 23.2 Å². The molecular weight excluding hydrogens is 454 g/mol. The number of rotatable bonds is 4. The summed E-state index contributed by atoms with van der Waals surface area (Å²) in [6, 6.07) is 9.92. The van der Waals surface area contributed by atoms with Gasteiger partial charge >= 0.3 is 0 Å². The van der Waals surface area contributed by atoms with Crippen LogP contribution in [-0.4, -0.2) is 47.8 Å². The van der Waals surface area contributed by atoms with Crippen LogP contribution in [0.3, 0.4) is 0 Å². The van der Waals surface area contributed by atoms with E-state index in [1.807, 2.05) is 4.57 Å². The number of amides is 1. The van der Waals surface area contributed by atoms with Gasteiger partial charge in [0, 0.05) is 31.3 Å². The molecule has 2 fully saturated rings. The van der Waals surface area contributed by atoms with E-state index in [9.17, 15) is 9.18 Å². The molecule has 1 amide bonds. The lowest BCUT2D eigenvalue weighted by molar-refractivity contribution is -0.126. The lowest BCUT2D eigenvalue weighted by Crippen LogP contribution is -2.44. The Balaban J connectivity index is 1.42. The van der Waals surface area contributed by atoms with Crippen LogP contribution < -0.4 is 10.2 Å². The standard InChI is InChI=1S/C23H23Cl2FN4O2/c24-18-11-20-21(12-19(18)25)30(17-3-1-15(26)2-4-17)23(28-20)29-8-5-14(6-9-29)22(31)27-16-7-10-32-13-16/h1-4,11-12,14,16H,5-10,13H2,(H,27,31)/t16-/m1/s1. The van der Waals surface area contributed by atoms with Crippen molar-refractivity contribution in [3.8, 4) is 5.69 Å². The van der Waals surface area contributed by atoms with Crippen molar-refractivity contribution >= 4 is 46.1 Å². The van der Waals surface area contributed by atoms with E-state index in [0.29, 0.717) is 41.9 Å². The first kappa shape index (κ1) is 21.5. The maximum absolute atomic E-state index is 13.6. The number of aromatic nitrogens is 2. The van der Waals surface area contributed by atoms with Gasteiger partial charge in [0.2, 0.25) is 11.9 Å². The Kier molecular flexibility index (Phi) is 5.97. The summed E-state index contributed by atoms with van der Waals surface area (Å²) in [5.74, 6) is 0.499. The van der Waals surface area contributed by atoms with Crippen molar-refractivity contribution in [3.05, 3.63) is 52.3 Å². The Hall–Kier alpha value is -2.35. The van der Waals surface area contributed by atoms with Crippen LogP contribution in [0.5, 0.6) is 0 Å². The molecule has 2 aromatic carbocycles. The van der Waals surface area contributed by atoms with Crippen molar-refractivity contribution in [3.63, 3.8) is 0 Å². The van der Waals surface area contributed by atoms with E-state index in [4.69, 9.17) is 32.9 Å². The molecule has 0 unspecified atom stereocenters. The number of hydrogen-bond donors (Lipinski definition) is 1. The number of ether oxygens (including phenoxy) is 1. The Bertz CT molecular complexity index is 1140. The number of anilines is 1. The van der Waals surface area contributed by atoms with Crippen LogP contribution in [0, 0.1) is 11.7 Å². The molecule has 5 rings (SSSR count). The number of nitrogens with one attached hydrogen (secondary N) is 1. The highest BCUT2D eigenvalue weighted by Gasteiger charge is 2.30. The van der Waals surface area contributed by atoms with Crippen molar-refractivity contribution in [2.45, 2.75) is 25.3 Å². The maximum atomic E-state index is 13.6. The molecule has 0 spiro atoms. The van der Waals surface area contributed by atoms with Crippen LogP contribution in [0.25, 0.3) is 16.7 Å². The first-order valence-corrected chi connectivity index (χ1v) is 11.5. The largest absolute Gasteiger partial charge is 0.379 e. The summed E-state index contributed by atoms with van der Waals surface area (Å²) in [4.78, 5) is 19.6. The predicted molar refractivity (Wildman–Crippen MR) is 123 cm³/mol. The SMILES string of the molecule is O=C(N[C@@H]1CCOC1)C1CCN(c2nc3cc(Cl)c(Cl)cc3n2-c2ccc(F)cc2)CC1. The third kappa shape index (κ3) is 4.17. The lowest BCUT2D eigenvalue weighted by atomic mass is 9.95. The molecule has 1 atom stereocenters. The molecule has 1 N–H and O–H groups in total. The first-order chi connectivity index (χ1) is 15.5.